The Labute approximate surface area is 286 Å². The number of benzene rings is 8. The molecule has 4 heteroatoms. The Morgan fingerprint density at radius 2 is 1.02 bits per heavy atom. The summed E-state index contributed by atoms with van der Waals surface area (Å²) in [6, 6.07) is 60.0. The average molecular weight is 641 g/mol. The van der Waals surface area contributed by atoms with Gasteiger partial charge in [0.05, 0.1) is 16.7 Å². The molecule has 3 heterocycles. The van der Waals surface area contributed by atoms with Gasteiger partial charge in [-0.2, -0.15) is 0 Å². The Morgan fingerprint density at radius 1 is 0.380 bits per heavy atom. The van der Waals surface area contributed by atoms with Gasteiger partial charge in [0.2, 0.25) is 0 Å². The Bertz CT molecular complexity index is 3110. The first kappa shape index (κ1) is 27.2. The van der Waals surface area contributed by atoms with Gasteiger partial charge in [-0.15, -0.1) is 0 Å². The van der Waals surface area contributed by atoms with Crippen LogP contribution in [-0.2, 0) is 0 Å². The van der Waals surface area contributed by atoms with Gasteiger partial charge < -0.3 is 18.3 Å². The van der Waals surface area contributed by atoms with Crippen molar-refractivity contribution < 1.29 is 8.83 Å². The lowest BCUT2D eigenvalue weighted by Gasteiger charge is -2.26. The zero-order chi connectivity index (χ0) is 32.8. The molecule has 0 atom stereocenters. The molecule has 0 aliphatic carbocycles. The normalized spacial score (nSPS) is 12.0. The van der Waals surface area contributed by atoms with Crippen molar-refractivity contribution in [3.8, 4) is 5.69 Å². The molecule has 3 aromatic heterocycles. The van der Waals surface area contributed by atoms with Gasteiger partial charge in [-0.25, -0.2) is 0 Å². The molecule has 0 amide bonds. The van der Waals surface area contributed by atoms with Crippen LogP contribution in [0.3, 0.4) is 0 Å². The van der Waals surface area contributed by atoms with Crippen molar-refractivity contribution in [2.45, 2.75) is 0 Å². The van der Waals surface area contributed by atoms with Gasteiger partial charge in [0.1, 0.15) is 22.3 Å². The van der Waals surface area contributed by atoms with Crippen LogP contribution in [0.5, 0.6) is 0 Å². The van der Waals surface area contributed by atoms with E-state index in [0.717, 1.165) is 77.7 Å². The largest absolute Gasteiger partial charge is 0.456 e. The highest BCUT2D eigenvalue weighted by Gasteiger charge is 2.23. The highest BCUT2D eigenvalue weighted by molar-refractivity contribution is 6.20. The molecule has 0 aliphatic rings. The molecule has 234 valence electrons. The maximum absolute atomic E-state index is 6.60. The number of rotatable bonds is 4. The van der Waals surface area contributed by atoms with Crippen molar-refractivity contribution in [1.29, 1.82) is 0 Å². The van der Waals surface area contributed by atoms with Gasteiger partial charge in [0.15, 0.2) is 0 Å². The summed E-state index contributed by atoms with van der Waals surface area (Å²) in [5.74, 6) is 0. The smallest absolute Gasteiger partial charge is 0.137 e. The van der Waals surface area contributed by atoms with Crippen molar-refractivity contribution in [3.63, 3.8) is 0 Å². The summed E-state index contributed by atoms with van der Waals surface area (Å²) in [4.78, 5) is 2.35. The van der Waals surface area contributed by atoms with Crippen molar-refractivity contribution in [2.24, 2.45) is 0 Å². The maximum Gasteiger partial charge on any atom is 0.137 e. The summed E-state index contributed by atoms with van der Waals surface area (Å²) in [5.41, 5.74) is 9.98. The predicted molar refractivity (Wildman–Crippen MR) is 208 cm³/mol. The van der Waals surface area contributed by atoms with E-state index in [9.17, 15) is 0 Å². The molecule has 50 heavy (non-hydrogen) atoms. The van der Waals surface area contributed by atoms with Gasteiger partial charge in [-0.3, -0.25) is 0 Å². The fraction of sp³-hybridized carbons (Fsp3) is 0. The lowest BCUT2D eigenvalue weighted by Crippen LogP contribution is -2.10. The molecular weight excluding hydrogens is 613 g/mol. The van der Waals surface area contributed by atoms with Crippen LogP contribution < -0.4 is 4.90 Å². The van der Waals surface area contributed by atoms with Gasteiger partial charge in [0, 0.05) is 61.5 Å². The van der Waals surface area contributed by atoms with Crippen molar-refractivity contribution in [2.75, 3.05) is 4.90 Å². The molecule has 0 saturated heterocycles. The van der Waals surface area contributed by atoms with Crippen LogP contribution in [-0.4, -0.2) is 4.57 Å². The Morgan fingerprint density at radius 3 is 1.88 bits per heavy atom. The minimum Gasteiger partial charge on any atom is -0.456 e. The zero-order valence-electron chi connectivity index (χ0n) is 26.9. The molecule has 0 spiro atoms. The maximum atomic E-state index is 6.60. The first-order valence-corrected chi connectivity index (χ1v) is 16.9. The first-order valence-electron chi connectivity index (χ1n) is 16.9. The molecule has 0 saturated carbocycles. The van der Waals surface area contributed by atoms with E-state index in [2.05, 4.69) is 167 Å². The second-order valence-corrected chi connectivity index (χ2v) is 12.9. The molecule has 0 unspecified atom stereocenters. The van der Waals surface area contributed by atoms with Gasteiger partial charge in [-0.05, 0) is 77.5 Å². The summed E-state index contributed by atoms with van der Waals surface area (Å²) in [5, 5.41) is 9.23. The van der Waals surface area contributed by atoms with E-state index in [0.29, 0.717) is 0 Å². The van der Waals surface area contributed by atoms with Crippen molar-refractivity contribution >= 4 is 93.5 Å². The zero-order valence-corrected chi connectivity index (χ0v) is 26.9. The average Bonchev–Trinajstić information content (AvgIpc) is 3.84. The van der Waals surface area contributed by atoms with Gasteiger partial charge in [0.25, 0.3) is 0 Å². The highest BCUT2D eigenvalue weighted by atomic mass is 16.3. The topological polar surface area (TPSA) is 34.5 Å². The Kier molecular flexibility index (Phi) is 5.63. The molecule has 0 radical (unpaired) electrons. The van der Waals surface area contributed by atoms with E-state index in [1.54, 1.807) is 0 Å². The number of hydrogen-bond acceptors (Lipinski definition) is 3. The van der Waals surface area contributed by atoms with Crippen LogP contribution in [0.4, 0.5) is 17.1 Å². The second-order valence-electron chi connectivity index (χ2n) is 12.9. The van der Waals surface area contributed by atoms with Crippen LogP contribution in [0.2, 0.25) is 0 Å². The van der Waals surface area contributed by atoms with Crippen molar-refractivity contribution in [3.05, 3.63) is 170 Å². The second kappa shape index (κ2) is 10.4. The van der Waals surface area contributed by atoms with E-state index in [1.807, 2.05) is 12.1 Å². The van der Waals surface area contributed by atoms with Crippen LogP contribution in [0.1, 0.15) is 0 Å². The lowest BCUT2D eigenvalue weighted by molar-refractivity contribution is 0.669. The summed E-state index contributed by atoms with van der Waals surface area (Å²) in [6.07, 6.45) is 0. The van der Waals surface area contributed by atoms with Crippen LogP contribution in [0.25, 0.3) is 82.1 Å². The van der Waals surface area contributed by atoms with Gasteiger partial charge in [-0.1, -0.05) is 91.0 Å². The molecular formula is C46H28N2O2. The summed E-state index contributed by atoms with van der Waals surface area (Å²) >= 11 is 0. The third-order valence-corrected chi connectivity index (χ3v) is 10.2. The predicted octanol–water partition coefficient (Wildman–Crippen LogP) is 13.2. The SMILES string of the molecule is c1ccc(-n2c3ccccc3c3c(N(c4ccc5c(c4)oc4ccccc45)c4ccc5c(c4)oc4ccc6ccccc6c45)cccc32)cc1. The van der Waals surface area contributed by atoms with E-state index >= 15 is 0 Å². The monoisotopic (exact) mass is 640 g/mol. The molecule has 0 N–H and O–H groups in total. The van der Waals surface area contributed by atoms with Crippen LogP contribution >= 0.6 is 0 Å². The fourth-order valence-electron chi connectivity index (χ4n) is 8.00. The molecule has 4 nitrogen and oxygen atoms in total. The highest BCUT2D eigenvalue weighted by Crippen LogP contribution is 2.46. The quantitative estimate of drug-likeness (QED) is 0.192. The third-order valence-electron chi connectivity index (χ3n) is 10.2. The fourth-order valence-corrected chi connectivity index (χ4v) is 8.00. The number of para-hydroxylation sites is 3. The third kappa shape index (κ3) is 3.87. The number of nitrogens with zero attached hydrogens (tertiary/aromatic N) is 2. The van der Waals surface area contributed by atoms with E-state index < -0.39 is 0 Å². The summed E-state index contributed by atoms with van der Waals surface area (Å²) in [7, 11) is 0. The summed E-state index contributed by atoms with van der Waals surface area (Å²) < 4.78 is 15.4. The minimum absolute atomic E-state index is 0.850. The molecule has 8 aromatic carbocycles. The Hall–Kier alpha value is -6.78. The molecule has 11 rings (SSSR count). The Balaban J connectivity index is 1.21. The standard InChI is InChI=1S/C46H28N2O2/c1-2-12-30(13-3-1)48-38-17-8-6-16-36(38)46-39(18-10-19-40(46)48)47(31-22-24-35-34-15-7-9-20-41(34)49-43(35)27-31)32-23-25-37-44(28-32)50-42-26-21-29-11-4-5-14-33(29)45(37)42/h1-28H. The van der Waals surface area contributed by atoms with Crippen LogP contribution in [0, 0.1) is 0 Å². The van der Waals surface area contributed by atoms with E-state index in [4.69, 9.17) is 8.83 Å². The number of anilines is 3. The van der Waals surface area contributed by atoms with Gasteiger partial charge >= 0.3 is 0 Å². The summed E-state index contributed by atoms with van der Waals surface area (Å²) in [6.45, 7) is 0. The first-order chi connectivity index (χ1) is 24.8. The van der Waals surface area contributed by atoms with E-state index in [1.165, 1.54) is 21.5 Å². The molecule has 11 aromatic rings. The number of aromatic nitrogens is 1. The lowest BCUT2D eigenvalue weighted by atomic mass is 10.0. The number of fused-ring (bicyclic) bond motifs is 11. The number of hydrogen-bond donors (Lipinski definition) is 0. The molecule has 0 bridgehead atoms. The molecule has 0 aliphatic heterocycles. The molecule has 0 fully saturated rings. The van der Waals surface area contributed by atoms with Crippen molar-refractivity contribution in [1.82, 2.24) is 4.57 Å². The minimum atomic E-state index is 0.850. The van der Waals surface area contributed by atoms with E-state index in [-0.39, 0.29) is 0 Å². The number of furan rings is 2. The van der Waals surface area contributed by atoms with Crippen LogP contribution in [0.15, 0.2) is 179 Å².